The molecule has 2 aromatic carbocycles. The zero-order chi connectivity index (χ0) is 28.3. The van der Waals surface area contributed by atoms with Crippen LogP contribution in [0, 0.1) is 11.6 Å². The van der Waals surface area contributed by atoms with E-state index < -0.39 is 5.82 Å². The zero-order valence-corrected chi connectivity index (χ0v) is 23.3. The van der Waals surface area contributed by atoms with E-state index in [9.17, 15) is 4.39 Å². The summed E-state index contributed by atoms with van der Waals surface area (Å²) in [6, 6.07) is 11.8. The van der Waals surface area contributed by atoms with Crippen LogP contribution in [0.25, 0.3) is 33.5 Å². The predicted molar refractivity (Wildman–Crippen MR) is 158 cm³/mol. The summed E-state index contributed by atoms with van der Waals surface area (Å²) in [6.07, 6.45) is 8.12. The van der Waals surface area contributed by atoms with Gasteiger partial charge in [0.05, 0.1) is 5.71 Å². The molecule has 3 aromatic heterocycles. The largest absolute Gasteiger partial charge is 0.340 e. The highest BCUT2D eigenvalue weighted by molar-refractivity contribution is 6.13. The number of benzene rings is 2. The number of fused-ring (bicyclic) bond motifs is 2. The van der Waals surface area contributed by atoms with Gasteiger partial charge in [0.25, 0.3) is 0 Å². The van der Waals surface area contributed by atoms with Gasteiger partial charge in [-0.05, 0) is 79.5 Å². The van der Waals surface area contributed by atoms with Gasteiger partial charge in [-0.1, -0.05) is 20.3 Å². The van der Waals surface area contributed by atoms with Crippen molar-refractivity contribution >= 4 is 16.6 Å². The molecule has 0 unspecified atom stereocenters. The predicted octanol–water partition coefficient (Wildman–Crippen LogP) is 6.70. The Balaban J connectivity index is 0.00000148. The average molecular weight is 554 g/mol. The number of pyridine rings is 1. The molecule has 2 N–H and O–H groups in total. The molecule has 0 spiro atoms. The van der Waals surface area contributed by atoms with Crippen LogP contribution in [0.15, 0.2) is 59.9 Å². The van der Waals surface area contributed by atoms with Crippen molar-refractivity contribution in [3.05, 3.63) is 89.0 Å². The molecule has 1 fully saturated rings. The fourth-order valence-electron chi connectivity index (χ4n) is 5.62. The molecule has 2 aliphatic heterocycles. The van der Waals surface area contributed by atoms with E-state index >= 15 is 4.39 Å². The van der Waals surface area contributed by atoms with E-state index in [0.29, 0.717) is 35.6 Å². The smallest absolute Gasteiger partial charge is 0.157 e. The Morgan fingerprint density at radius 2 is 1.71 bits per heavy atom. The Labute approximate surface area is 237 Å². The number of rotatable bonds is 5. The van der Waals surface area contributed by atoms with Crippen LogP contribution in [-0.2, 0) is 13.0 Å². The Morgan fingerprint density at radius 3 is 2.51 bits per heavy atom. The molecule has 9 heteroatoms. The van der Waals surface area contributed by atoms with Crippen molar-refractivity contribution in [1.29, 1.82) is 0 Å². The number of imidazole rings is 1. The lowest BCUT2D eigenvalue weighted by Gasteiger charge is -2.26. The van der Waals surface area contributed by atoms with Crippen molar-refractivity contribution in [1.82, 2.24) is 30.0 Å². The summed E-state index contributed by atoms with van der Waals surface area (Å²) in [4.78, 5) is 19.8. The second-order valence-corrected chi connectivity index (χ2v) is 10.3. The number of H-pyrrole nitrogens is 2. The number of nitrogens with one attached hydrogen (secondary N) is 2. The summed E-state index contributed by atoms with van der Waals surface area (Å²) in [5.74, 6) is -0.142. The lowest BCUT2D eigenvalue weighted by molar-refractivity contribution is 0.220. The number of nitrogens with zero attached hydrogens (tertiary/aromatic N) is 5. The van der Waals surface area contributed by atoms with Crippen molar-refractivity contribution in [3.8, 4) is 22.6 Å². The highest BCUT2D eigenvalue weighted by Crippen LogP contribution is 2.33. The number of piperidine rings is 1. The molecule has 0 atom stereocenters. The first kappa shape index (κ1) is 27.0. The standard InChI is InChI=1S/C30H27F2N7.C2H6/c31-22-6-4-19(5-7-22)26-29-25(8-9-34-26)35-30(36-29)28-23-13-20(14-24(32)27(23)37-38-28)21-12-18(15-33-16-21)17-39-10-2-1-3-11-39;1-2/h4-7,12-16H,1-3,8-11,17H2,(H,35,36)(H,37,38);1-2H3. The maximum absolute atomic E-state index is 15.3. The molecule has 210 valence electrons. The lowest BCUT2D eigenvalue weighted by Crippen LogP contribution is -2.29. The average Bonchev–Trinajstić information content (AvgIpc) is 3.64. The number of aromatic nitrogens is 5. The van der Waals surface area contributed by atoms with Gasteiger partial charge in [-0.2, -0.15) is 5.10 Å². The molecule has 0 radical (unpaired) electrons. The maximum atomic E-state index is 15.3. The second-order valence-electron chi connectivity index (χ2n) is 10.3. The summed E-state index contributed by atoms with van der Waals surface area (Å²) in [6.45, 7) is 7.65. The molecule has 0 bridgehead atoms. The molecule has 5 heterocycles. The van der Waals surface area contributed by atoms with Crippen molar-refractivity contribution in [2.45, 2.75) is 46.1 Å². The quantitative estimate of drug-likeness (QED) is 0.254. The molecule has 5 aromatic rings. The summed E-state index contributed by atoms with van der Waals surface area (Å²) < 4.78 is 28.8. The Bertz CT molecular complexity index is 1700. The number of hydrogen-bond donors (Lipinski definition) is 2. The molecule has 0 aliphatic carbocycles. The van der Waals surface area contributed by atoms with Crippen LogP contribution >= 0.6 is 0 Å². The molecular formula is C32H33F2N7. The molecular weight excluding hydrogens is 520 g/mol. The second kappa shape index (κ2) is 11.7. The van der Waals surface area contributed by atoms with Gasteiger partial charge in [0.2, 0.25) is 0 Å². The number of aromatic amines is 2. The lowest BCUT2D eigenvalue weighted by atomic mass is 10.0. The van der Waals surface area contributed by atoms with Crippen LogP contribution in [0.5, 0.6) is 0 Å². The molecule has 1 saturated heterocycles. The van der Waals surface area contributed by atoms with E-state index in [1.807, 2.05) is 26.1 Å². The highest BCUT2D eigenvalue weighted by atomic mass is 19.1. The number of halogens is 2. The van der Waals surface area contributed by atoms with Crippen LogP contribution in [-0.4, -0.2) is 55.4 Å². The third-order valence-corrected chi connectivity index (χ3v) is 7.58. The first-order chi connectivity index (χ1) is 20.1. The first-order valence-electron chi connectivity index (χ1n) is 14.4. The van der Waals surface area contributed by atoms with Gasteiger partial charge in [0.1, 0.15) is 22.7 Å². The molecule has 7 nitrogen and oxygen atoms in total. The minimum atomic E-state index is -0.406. The topological polar surface area (TPSA) is 85.8 Å². The number of hydrogen-bond acceptors (Lipinski definition) is 5. The molecule has 7 rings (SSSR count). The van der Waals surface area contributed by atoms with E-state index in [1.54, 1.807) is 18.3 Å². The monoisotopic (exact) mass is 553 g/mol. The van der Waals surface area contributed by atoms with Gasteiger partial charge in [0, 0.05) is 54.1 Å². The van der Waals surface area contributed by atoms with Crippen LogP contribution < -0.4 is 0 Å². The van der Waals surface area contributed by atoms with Crippen LogP contribution in [0.3, 0.4) is 0 Å². The summed E-state index contributed by atoms with van der Waals surface area (Å²) >= 11 is 0. The minimum absolute atomic E-state index is 0.257. The minimum Gasteiger partial charge on any atom is -0.340 e. The van der Waals surface area contributed by atoms with Gasteiger partial charge < -0.3 is 4.98 Å². The summed E-state index contributed by atoms with van der Waals surface area (Å²) in [5, 5.41) is 7.89. The molecule has 41 heavy (non-hydrogen) atoms. The molecule has 2 aliphatic rings. The SMILES string of the molecule is CC.Fc1ccc(C2=NCCc3[nH]c(-c4[nH]nc5c(F)cc(-c6cncc(CN7CCCCC7)c6)cc45)nc32)cc1. The molecule has 0 amide bonds. The van der Waals surface area contributed by atoms with Gasteiger partial charge >= 0.3 is 0 Å². The maximum Gasteiger partial charge on any atom is 0.157 e. The van der Waals surface area contributed by atoms with Crippen LogP contribution in [0.1, 0.15) is 55.6 Å². The zero-order valence-electron chi connectivity index (χ0n) is 23.3. The van der Waals surface area contributed by atoms with E-state index in [2.05, 4.69) is 36.1 Å². The highest BCUT2D eigenvalue weighted by Gasteiger charge is 2.24. The molecule has 0 saturated carbocycles. The van der Waals surface area contributed by atoms with Crippen LogP contribution in [0.2, 0.25) is 0 Å². The van der Waals surface area contributed by atoms with Crippen molar-refractivity contribution in [2.75, 3.05) is 19.6 Å². The Hall–Kier alpha value is -4.24. The van der Waals surface area contributed by atoms with E-state index in [1.165, 1.54) is 37.5 Å². The van der Waals surface area contributed by atoms with Crippen molar-refractivity contribution in [2.24, 2.45) is 4.99 Å². The summed E-state index contributed by atoms with van der Waals surface area (Å²) in [7, 11) is 0. The fourth-order valence-corrected chi connectivity index (χ4v) is 5.62. The van der Waals surface area contributed by atoms with E-state index in [0.717, 1.165) is 53.3 Å². The van der Waals surface area contributed by atoms with Crippen molar-refractivity contribution < 1.29 is 8.78 Å². The van der Waals surface area contributed by atoms with Gasteiger partial charge in [-0.25, -0.2) is 13.8 Å². The van der Waals surface area contributed by atoms with Gasteiger partial charge in [0.15, 0.2) is 11.6 Å². The van der Waals surface area contributed by atoms with Crippen molar-refractivity contribution in [3.63, 3.8) is 0 Å². The third-order valence-electron chi connectivity index (χ3n) is 7.58. The van der Waals surface area contributed by atoms with E-state index in [-0.39, 0.29) is 11.3 Å². The summed E-state index contributed by atoms with van der Waals surface area (Å²) in [5.41, 5.74) is 6.76. The normalized spacial score (nSPS) is 15.3. The third kappa shape index (κ3) is 5.41. The van der Waals surface area contributed by atoms with Gasteiger partial charge in [-0.15, -0.1) is 0 Å². The Morgan fingerprint density at radius 1 is 0.902 bits per heavy atom. The van der Waals surface area contributed by atoms with Gasteiger partial charge in [-0.3, -0.25) is 20.0 Å². The number of likely N-dealkylation sites (tertiary alicyclic amines) is 1. The number of aliphatic imine (C=N–C) groups is 1. The fraction of sp³-hybridized carbons (Fsp3) is 0.312. The van der Waals surface area contributed by atoms with E-state index in [4.69, 9.17) is 4.98 Å². The first-order valence-corrected chi connectivity index (χ1v) is 14.4. The van der Waals surface area contributed by atoms with Crippen LogP contribution in [0.4, 0.5) is 8.78 Å². The Kier molecular flexibility index (Phi) is 7.69.